The van der Waals surface area contributed by atoms with Gasteiger partial charge >= 0.3 is 5.97 Å². The fraction of sp³-hybridized carbons (Fsp3) is 0.429. The van der Waals surface area contributed by atoms with Gasteiger partial charge < -0.3 is 14.6 Å². The Kier molecular flexibility index (Phi) is 4.38. The third-order valence-corrected chi connectivity index (χ3v) is 2.88. The minimum absolute atomic E-state index is 0.303. The highest BCUT2D eigenvalue weighted by molar-refractivity contribution is 5.74. The number of carbonyl (C=O) groups is 1. The summed E-state index contributed by atoms with van der Waals surface area (Å²) in [6.07, 6.45) is 0.303. The van der Waals surface area contributed by atoms with Crippen LogP contribution in [0.25, 0.3) is 0 Å². The number of benzene rings is 1. The highest BCUT2D eigenvalue weighted by Crippen LogP contribution is 2.34. The van der Waals surface area contributed by atoms with Gasteiger partial charge in [-0.05, 0) is 38.0 Å². The molecule has 0 radical (unpaired) electrons. The van der Waals surface area contributed by atoms with Crippen LogP contribution < -0.4 is 9.47 Å². The molecule has 0 bridgehead atoms. The van der Waals surface area contributed by atoms with Crippen LogP contribution in [0, 0.1) is 16.7 Å². The van der Waals surface area contributed by atoms with Gasteiger partial charge in [-0.25, -0.2) is 0 Å². The molecule has 0 heterocycles. The molecular weight excluding hydrogens is 246 g/mol. The molecule has 0 unspecified atom stereocenters. The van der Waals surface area contributed by atoms with E-state index in [2.05, 4.69) is 0 Å². The van der Waals surface area contributed by atoms with Crippen molar-refractivity contribution in [2.45, 2.75) is 20.3 Å². The monoisotopic (exact) mass is 263 g/mol. The highest BCUT2D eigenvalue weighted by atomic mass is 16.5. The van der Waals surface area contributed by atoms with E-state index >= 15 is 0 Å². The van der Waals surface area contributed by atoms with Crippen LogP contribution in [0.2, 0.25) is 0 Å². The molecule has 1 aromatic carbocycles. The largest absolute Gasteiger partial charge is 0.493 e. The molecule has 19 heavy (non-hydrogen) atoms. The zero-order chi connectivity index (χ0) is 14.6. The molecule has 1 rings (SSSR count). The van der Waals surface area contributed by atoms with Crippen LogP contribution in [0.1, 0.15) is 25.0 Å². The maximum absolute atomic E-state index is 11.1. The molecule has 0 spiro atoms. The van der Waals surface area contributed by atoms with E-state index < -0.39 is 11.4 Å². The lowest BCUT2D eigenvalue weighted by Gasteiger charge is -2.20. The number of hydrogen-bond donors (Lipinski definition) is 1. The smallest absolute Gasteiger partial charge is 0.309 e. The van der Waals surface area contributed by atoms with Crippen molar-refractivity contribution in [3.63, 3.8) is 0 Å². The number of carboxylic acid groups (broad SMARTS) is 1. The predicted molar refractivity (Wildman–Crippen MR) is 69.4 cm³/mol. The van der Waals surface area contributed by atoms with E-state index in [9.17, 15) is 4.79 Å². The Morgan fingerprint density at radius 3 is 2.42 bits per heavy atom. The quantitative estimate of drug-likeness (QED) is 0.881. The molecule has 0 amide bonds. The molecule has 102 valence electrons. The van der Waals surface area contributed by atoms with Gasteiger partial charge in [0.2, 0.25) is 0 Å². The summed E-state index contributed by atoms with van der Waals surface area (Å²) < 4.78 is 10.3. The third-order valence-electron chi connectivity index (χ3n) is 2.88. The lowest BCUT2D eigenvalue weighted by molar-refractivity contribution is -0.146. The van der Waals surface area contributed by atoms with Crippen LogP contribution in [-0.2, 0) is 11.2 Å². The Morgan fingerprint density at radius 2 is 2.00 bits per heavy atom. The standard InChI is InChI=1S/C14H17NO4/c1-14(2,13(16)17)7-9-5-10(8-15)12(19-4)11(6-9)18-3/h5-6H,7H2,1-4H3,(H,16,17). The number of nitriles is 1. The molecule has 0 saturated heterocycles. The van der Waals surface area contributed by atoms with Crippen molar-refractivity contribution in [3.8, 4) is 17.6 Å². The number of hydrogen-bond acceptors (Lipinski definition) is 4. The molecule has 1 N–H and O–H groups in total. The average Bonchev–Trinajstić information content (AvgIpc) is 2.36. The maximum atomic E-state index is 11.1. The molecule has 1 aromatic rings. The predicted octanol–water partition coefficient (Wildman–Crippen LogP) is 2.23. The molecule has 5 nitrogen and oxygen atoms in total. The SMILES string of the molecule is COc1cc(CC(C)(C)C(=O)O)cc(C#N)c1OC. The van der Waals surface area contributed by atoms with Crippen LogP contribution in [0.5, 0.6) is 11.5 Å². The fourth-order valence-corrected chi connectivity index (χ4v) is 1.79. The van der Waals surface area contributed by atoms with Crippen LogP contribution in [0.3, 0.4) is 0 Å². The van der Waals surface area contributed by atoms with Gasteiger partial charge in [0.25, 0.3) is 0 Å². The minimum Gasteiger partial charge on any atom is -0.493 e. The van der Waals surface area contributed by atoms with Gasteiger partial charge in [-0.2, -0.15) is 5.26 Å². The second kappa shape index (κ2) is 5.61. The van der Waals surface area contributed by atoms with Gasteiger partial charge in [0.1, 0.15) is 6.07 Å². The van der Waals surface area contributed by atoms with Crippen LogP contribution in [0.15, 0.2) is 12.1 Å². The molecule has 0 fully saturated rings. The van der Waals surface area contributed by atoms with E-state index in [0.717, 1.165) is 5.56 Å². The number of aliphatic carboxylic acids is 1. The Morgan fingerprint density at radius 1 is 1.37 bits per heavy atom. The van der Waals surface area contributed by atoms with Gasteiger partial charge in [-0.15, -0.1) is 0 Å². The summed E-state index contributed by atoms with van der Waals surface area (Å²) in [5, 5.41) is 18.2. The van der Waals surface area contributed by atoms with Crippen molar-refractivity contribution in [3.05, 3.63) is 23.3 Å². The van der Waals surface area contributed by atoms with Crippen molar-refractivity contribution in [2.24, 2.45) is 5.41 Å². The van der Waals surface area contributed by atoms with E-state index in [0.29, 0.717) is 23.5 Å². The summed E-state index contributed by atoms with van der Waals surface area (Å²) in [5.74, 6) is -0.0968. The zero-order valence-electron chi connectivity index (χ0n) is 11.5. The normalized spacial score (nSPS) is 10.7. The lowest BCUT2D eigenvalue weighted by Crippen LogP contribution is -2.26. The van der Waals surface area contributed by atoms with E-state index in [1.165, 1.54) is 14.2 Å². The first-order valence-electron chi connectivity index (χ1n) is 5.74. The van der Waals surface area contributed by atoms with Crippen molar-refractivity contribution in [1.29, 1.82) is 5.26 Å². The van der Waals surface area contributed by atoms with Crippen molar-refractivity contribution in [2.75, 3.05) is 14.2 Å². The van der Waals surface area contributed by atoms with Crippen molar-refractivity contribution in [1.82, 2.24) is 0 Å². The number of rotatable bonds is 5. The van der Waals surface area contributed by atoms with E-state index in [1.54, 1.807) is 26.0 Å². The Bertz CT molecular complexity index is 529. The first kappa shape index (κ1) is 14.8. The highest BCUT2D eigenvalue weighted by Gasteiger charge is 2.28. The topological polar surface area (TPSA) is 79.5 Å². The molecule has 0 aromatic heterocycles. The Balaban J connectivity index is 3.25. The van der Waals surface area contributed by atoms with Gasteiger partial charge in [0.05, 0.1) is 25.2 Å². The molecule has 0 aliphatic carbocycles. The lowest BCUT2D eigenvalue weighted by atomic mass is 9.85. The van der Waals surface area contributed by atoms with E-state index in [1.807, 2.05) is 6.07 Å². The van der Waals surface area contributed by atoms with Crippen LogP contribution in [-0.4, -0.2) is 25.3 Å². The van der Waals surface area contributed by atoms with E-state index in [4.69, 9.17) is 19.8 Å². The van der Waals surface area contributed by atoms with E-state index in [-0.39, 0.29) is 0 Å². The summed E-state index contributed by atoms with van der Waals surface area (Å²) in [7, 11) is 2.94. The van der Waals surface area contributed by atoms with Crippen molar-refractivity contribution >= 4 is 5.97 Å². The van der Waals surface area contributed by atoms with Crippen LogP contribution >= 0.6 is 0 Å². The first-order valence-corrected chi connectivity index (χ1v) is 5.74. The average molecular weight is 263 g/mol. The first-order chi connectivity index (χ1) is 8.85. The molecule has 0 saturated carbocycles. The van der Waals surface area contributed by atoms with Gasteiger partial charge in [0, 0.05) is 0 Å². The zero-order valence-corrected chi connectivity index (χ0v) is 11.5. The number of ether oxygens (including phenoxy) is 2. The van der Waals surface area contributed by atoms with Crippen LogP contribution in [0.4, 0.5) is 0 Å². The fourth-order valence-electron chi connectivity index (χ4n) is 1.79. The molecule has 0 aliphatic rings. The summed E-state index contributed by atoms with van der Waals surface area (Å²) in [5.41, 5.74) is 0.145. The molecule has 5 heteroatoms. The Hall–Kier alpha value is -2.22. The Labute approximate surface area is 112 Å². The second-order valence-electron chi connectivity index (χ2n) is 4.86. The van der Waals surface area contributed by atoms with Crippen molar-refractivity contribution < 1.29 is 19.4 Å². The number of nitrogens with zero attached hydrogens (tertiary/aromatic N) is 1. The minimum atomic E-state index is -0.910. The van der Waals surface area contributed by atoms with Gasteiger partial charge in [-0.3, -0.25) is 4.79 Å². The summed E-state index contributed by atoms with van der Waals surface area (Å²) >= 11 is 0. The van der Waals surface area contributed by atoms with Gasteiger partial charge in [-0.1, -0.05) is 0 Å². The summed E-state index contributed by atoms with van der Waals surface area (Å²) in [6.45, 7) is 3.27. The number of carboxylic acids is 1. The number of methoxy groups -OCH3 is 2. The molecular formula is C14H17NO4. The molecule has 0 aliphatic heterocycles. The third kappa shape index (κ3) is 3.16. The summed E-state index contributed by atoms with van der Waals surface area (Å²) in [6, 6.07) is 5.35. The second-order valence-corrected chi connectivity index (χ2v) is 4.86. The summed E-state index contributed by atoms with van der Waals surface area (Å²) in [4.78, 5) is 11.1. The molecule has 0 atom stereocenters. The maximum Gasteiger partial charge on any atom is 0.309 e. The van der Waals surface area contributed by atoms with Gasteiger partial charge in [0.15, 0.2) is 11.5 Å².